The summed E-state index contributed by atoms with van der Waals surface area (Å²) in [6, 6.07) is 0. The average molecular weight is 220 g/mol. The van der Waals surface area contributed by atoms with Crippen molar-refractivity contribution >= 4 is 5.78 Å². The van der Waals surface area contributed by atoms with Crippen molar-refractivity contribution in [1.82, 2.24) is 0 Å². The van der Waals surface area contributed by atoms with Gasteiger partial charge in [0.25, 0.3) is 0 Å². The molecule has 0 spiro atoms. The zero-order chi connectivity index (χ0) is 11.0. The maximum absolute atomic E-state index is 12.6. The molecule has 0 saturated heterocycles. The summed E-state index contributed by atoms with van der Waals surface area (Å²) in [5, 5.41) is 0. The van der Waals surface area contributed by atoms with Crippen molar-refractivity contribution in [2.45, 2.75) is 64.2 Å². The van der Waals surface area contributed by atoms with Gasteiger partial charge in [0, 0.05) is 11.8 Å². The number of Topliss-reactive ketones (excluding diaryl/α,β-unsaturated/α-hetero) is 1. The average Bonchev–Trinajstić information content (AvgIpc) is 2.49. The Balaban J connectivity index is 1.80. The molecule has 1 heteroatoms. The number of ketones is 1. The zero-order valence-electron chi connectivity index (χ0n) is 10.3. The topological polar surface area (TPSA) is 17.1 Å². The molecule has 3 aliphatic rings. The third-order valence-corrected chi connectivity index (χ3v) is 5.46. The molecule has 3 fully saturated rings. The van der Waals surface area contributed by atoms with Crippen LogP contribution in [0.25, 0.3) is 0 Å². The maximum atomic E-state index is 12.6. The van der Waals surface area contributed by atoms with Gasteiger partial charge in [0.1, 0.15) is 5.78 Å². The van der Waals surface area contributed by atoms with Gasteiger partial charge in [-0.3, -0.25) is 4.79 Å². The van der Waals surface area contributed by atoms with E-state index in [9.17, 15) is 4.79 Å². The van der Waals surface area contributed by atoms with Crippen LogP contribution in [0.4, 0.5) is 0 Å². The summed E-state index contributed by atoms with van der Waals surface area (Å²) < 4.78 is 0. The lowest BCUT2D eigenvalue weighted by atomic mass is 9.71. The van der Waals surface area contributed by atoms with Crippen LogP contribution in [0, 0.1) is 23.7 Å². The number of hydrogen-bond donors (Lipinski definition) is 0. The highest BCUT2D eigenvalue weighted by atomic mass is 16.1. The van der Waals surface area contributed by atoms with Crippen LogP contribution in [0.5, 0.6) is 0 Å². The normalized spacial score (nSPS) is 44.4. The minimum absolute atomic E-state index is 0.474. The molecule has 3 rings (SSSR count). The van der Waals surface area contributed by atoms with E-state index in [0.29, 0.717) is 17.6 Å². The van der Waals surface area contributed by atoms with Gasteiger partial charge in [-0.05, 0) is 50.4 Å². The maximum Gasteiger partial charge on any atom is 0.139 e. The molecule has 4 atom stereocenters. The summed E-state index contributed by atoms with van der Waals surface area (Å²) in [6.07, 6.45) is 13.2. The summed E-state index contributed by atoms with van der Waals surface area (Å²) in [5.74, 6) is 3.18. The summed E-state index contributed by atoms with van der Waals surface area (Å²) in [6.45, 7) is 0. The number of fused-ring (bicyclic) bond motifs is 2. The molecule has 1 nitrogen and oxygen atoms in total. The van der Waals surface area contributed by atoms with E-state index >= 15 is 0 Å². The monoisotopic (exact) mass is 220 g/mol. The van der Waals surface area contributed by atoms with Gasteiger partial charge in [0.15, 0.2) is 0 Å². The molecule has 0 heterocycles. The number of rotatable bonds is 0. The molecule has 4 unspecified atom stereocenters. The van der Waals surface area contributed by atoms with Gasteiger partial charge in [0.05, 0.1) is 0 Å². The highest BCUT2D eigenvalue weighted by Gasteiger charge is 2.41. The molecule has 0 bridgehead atoms. The van der Waals surface area contributed by atoms with Crippen LogP contribution >= 0.6 is 0 Å². The van der Waals surface area contributed by atoms with Gasteiger partial charge in [-0.25, -0.2) is 0 Å². The first-order valence-corrected chi connectivity index (χ1v) is 7.40. The van der Waals surface area contributed by atoms with Crippen molar-refractivity contribution < 1.29 is 4.79 Å². The van der Waals surface area contributed by atoms with Crippen molar-refractivity contribution in [2.75, 3.05) is 0 Å². The summed E-state index contributed by atoms with van der Waals surface area (Å²) >= 11 is 0. The Morgan fingerprint density at radius 2 is 1.06 bits per heavy atom. The molecule has 0 radical (unpaired) electrons. The van der Waals surface area contributed by atoms with Crippen molar-refractivity contribution in [3.63, 3.8) is 0 Å². The van der Waals surface area contributed by atoms with Gasteiger partial charge in [0.2, 0.25) is 0 Å². The second-order valence-corrected chi connectivity index (χ2v) is 6.28. The minimum atomic E-state index is 0.474. The molecule has 0 aromatic heterocycles. The molecule has 3 saturated carbocycles. The predicted molar refractivity (Wildman–Crippen MR) is 65.1 cm³/mol. The lowest BCUT2D eigenvalue weighted by molar-refractivity contribution is -0.131. The first-order valence-electron chi connectivity index (χ1n) is 7.40. The fraction of sp³-hybridized carbons (Fsp3) is 0.933. The van der Waals surface area contributed by atoms with E-state index < -0.39 is 0 Å². The van der Waals surface area contributed by atoms with E-state index in [2.05, 4.69) is 0 Å². The largest absolute Gasteiger partial charge is 0.299 e. The Labute approximate surface area is 99.0 Å². The highest BCUT2D eigenvalue weighted by molar-refractivity contribution is 5.84. The van der Waals surface area contributed by atoms with Gasteiger partial charge in [-0.1, -0.05) is 25.7 Å². The van der Waals surface area contributed by atoms with Crippen LogP contribution in [-0.2, 0) is 4.79 Å². The molecule has 3 aliphatic carbocycles. The van der Waals surface area contributed by atoms with Gasteiger partial charge < -0.3 is 0 Å². The number of carbonyl (C=O) groups excluding carboxylic acids is 1. The molecule has 16 heavy (non-hydrogen) atoms. The first kappa shape index (κ1) is 10.8. The Hall–Kier alpha value is -0.330. The lowest BCUT2D eigenvalue weighted by Gasteiger charge is -2.32. The summed E-state index contributed by atoms with van der Waals surface area (Å²) in [4.78, 5) is 12.6. The fourth-order valence-electron chi connectivity index (χ4n) is 4.56. The van der Waals surface area contributed by atoms with Gasteiger partial charge >= 0.3 is 0 Å². The van der Waals surface area contributed by atoms with Gasteiger partial charge in [-0.2, -0.15) is 0 Å². The molecular formula is C15H24O. The van der Waals surface area contributed by atoms with Crippen LogP contribution in [-0.4, -0.2) is 5.78 Å². The number of carbonyl (C=O) groups is 1. The molecule has 90 valence electrons. The molecule has 0 aromatic carbocycles. The van der Waals surface area contributed by atoms with Crippen LogP contribution in [0.2, 0.25) is 0 Å². The SMILES string of the molecule is O=C1C2CCCCC2CCC2CCCCC12. The molecule has 0 aliphatic heterocycles. The summed E-state index contributed by atoms with van der Waals surface area (Å²) in [5.41, 5.74) is 0. The molecule has 0 aromatic rings. The van der Waals surface area contributed by atoms with Crippen LogP contribution in [0.1, 0.15) is 64.2 Å². The van der Waals surface area contributed by atoms with Gasteiger partial charge in [-0.15, -0.1) is 0 Å². The first-order chi connectivity index (χ1) is 7.86. The van der Waals surface area contributed by atoms with E-state index in [0.717, 1.165) is 11.8 Å². The second kappa shape index (κ2) is 4.50. The van der Waals surface area contributed by atoms with E-state index in [1.807, 2.05) is 0 Å². The van der Waals surface area contributed by atoms with E-state index in [4.69, 9.17) is 0 Å². The smallest absolute Gasteiger partial charge is 0.139 e. The Kier molecular flexibility index (Phi) is 3.04. The van der Waals surface area contributed by atoms with Crippen LogP contribution in [0.3, 0.4) is 0 Å². The fourth-order valence-corrected chi connectivity index (χ4v) is 4.56. The number of hydrogen-bond acceptors (Lipinski definition) is 1. The molecule has 0 amide bonds. The Morgan fingerprint density at radius 3 is 1.56 bits per heavy atom. The second-order valence-electron chi connectivity index (χ2n) is 6.28. The Morgan fingerprint density at radius 1 is 0.625 bits per heavy atom. The van der Waals surface area contributed by atoms with Crippen molar-refractivity contribution in [3.05, 3.63) is 0 Å². The third-order valence-electron chi connectivity index (χ3n) is 5.46. The quantitative estimate of drug-likeness (QED) is 0.604. The van der Waals surface area contributed by atoms with E-state index in [-0.39, 0.29) is 0 Å². The van der Waals surface area contributed by atoms with Crippen molar-refractivity contribution in [1.29, 1.82) is 0 Å². The highest BCUT2D eigenvalue weighted by Crippen LogP contribution is 2.45. The van der Waals surface area contributed by atoms with E-state index in [1.54, 1.807) is 0 Å². The van der Waals surface area contributed by atoms with Crippen molar-refractivity contribution in [2.24, 2.45) is 23.7 Å². The molecular weight excluding hydrogens is 196 g/mol. The minimum Gasteiger partial charge on any atom is -0.299 e. The third kappa shape index (κ3) is 1.83. The van der Waals surface area contributed by atoms with E-state index in [1.165, 1.54) is 64.2 Å². The van der Waals surface area contributed by atoms with Crippen molar-refractivity contribution in [3.8, 4) is 0 Å². The standard InChI is InChI=1S/C15H24O/c16-15-13-7-3-1-5-11(13)9-10-12-6-2-4-8-14(12)15/h11-14H,1-10H2. The molecule has 0 N–H and O–H groups in total. The lowest BCUT2D eigenvalue weighted by Crippen LogP contribution is -2.33. The Bertz CT molecular complexity index is 245. The zero-order valence-corrected chi connectivity index (χ0v) is 10.3. The predicted octanol–water partition coefficient (Wildman–Crippen LogP) is 3.96. The van der Waals surface area contributed by atoms with Crippen LogP contribution < -0.4 is 0 Å². The summed E-state index contributed by atoms with van der Waals surface area (Å²) in [7, 11) is 0. The van der Waals surface area contributed by atoms with Crippen LogP contribution in [0.15, 0.2) is 0 Å².